The summed E-state index contributed by atoms with van der Waals surface area (Å²) in [6.07, 6.45) is 3.46. The van der Waals surface area contributed by atoms with Crippen LogP contribution in [0.4, 0.5) is 0 Å². The molecule has 5 heteroatoms. The van der Waals surface area contributed by atoms with Crippen molar-refractivity contribution in [3.05, 3.63) is 48.3 Å². The van der Waals surface area contributed by atoms with Gasteiger partial charge in [0.2, 0.25) is 5.91 Å². The van der Waals surface area contributed by atoms with E-state index in [2.05, 4.69) is 4.98 Å². The number of phenols is 1. The van der Waals surface area contributed by atoms with E-state index >= 15 is 0 Å². The first kappa shape index (κ1) is 13.6. The Kier molecular flexibility index (Phi) is 3.58. The molecule has 1 aromatic heterocycles. The van der Waals surface area contributed by atoms with Crippen molar-refractivity contribution in [2.45, 2.75) is 6.04 Å². The highest BCUT2D eigenvalue weighted by Gasteiger charge is 2.28. The summed E-state index contributed by atoms with van der Waals surface area (Å²) in [5, 5.41) is 9.66. The number of benzene rings is 1. The molecule has 3 rings (SSSR count). The molecule has 0 bridgehead atoms. The van der Waals surface area contributed by atoms with Crippen molar-refractivity contribution in [1.29, 1.82) is 0 Å². The van der Waals surface area contributed by atoms with Gasteiger partial charge in [-0.3, -0.25) is 9.78 Å². The van der Waals surface area contributed by atoms with E-state index < -0.39 is 0 Å². The summed E-state index contributed by atoms with van der Waals surface area (Å²) in [7, 11) is 1.77. The molecule has 2 aromatic rings. The fourth-order valence-corrected chi connectivity index (χ4v) is 2.55. The second-order valence-electron chi connectivity index (χ2n) is 5.05. The molecule has 21 heavy (non-hydrogen) atoms. The first-order chi connectivity index (χ1) is 10.2. The van der Waals surface area contributed by atoms with Gasteiger partial charge in [-0.2, -0.15) is 0 Å². The van der Waals surface area contributed by atoms with Crippen molar-refractivity contribution in [1.82, 2.24) is 9.88 Å². The van der Waals surface area contributed by atoms with Crippen molar-refractivity contribution in [2.75, 3.05) is 20.3 Å². The first-order valence-corrected chi connectivity index (χ1v) is 6.73. The summed E-state index contributed by atoms with van der Waals surface area (Å²) < 4.78 is 5.37. The molecule has 1 N–H and O–H groups in total. The molecule has 5 nitrogen and oxygen atoms in total. The highest BCUT2D eigenvalue weighted by atomic mass is 16.5. The van der Waals surface area contributed by atoms with E-state index in [0.717, 1.165) is 16.7 Å². The third-order valence-corrected chi connectivity index (χ3v) is 3.73. The second-order valence-corrected chi connectivity index (χ2v) is 5.05. The van der Waals surface area contributed by atoms with Gasteiger partial charge in [0.1, 0.15) is 12.4 Å². The molecule has 1 saturated heterocycles. The van der Waals surface area contributed by atoms with Crippen LogP contribution in [0, 0.1) is 0 Å². The summed E-state index contributed by atoms with van der Waals surface area (Å²) in [5.74, 6) is 0.163. The van der Waals surface area contributed by atoms with Gasteiger partial charge < -0.3 is 14.7 Å². The van der Waals surface area contributed by atoms with Crippen molar-refractivity contribution in [3.8, 4) is 16.9 Å². The molecule has 2 heterocycles. The van der Waals surface area contributed by atoms with Crippen molar-refractivity contribution >= 4 is 5.91 Å². The van der Waals surface area contributed by atoms with Gasteiger partial charge in [-0.1, -0.05) is 12.1 Å². The van der Waals surface area contributed by atoms with Crippen molar-refractivity contribution < 1.29 is 14.6 Å². The van der Waals surface area contributed by atoms with E-state index in [1.54, 1.807) is 42.5 Å². The molecular formula is C16H16N2O3. The zero-order valence-electron chi connectivity index (χ0n) is 11.7. The van der Waals surface area contributed by atoms with Crippen LogP contribution in [0.25, 0.3) is 11.1 Å². The molecule has 1 amide bonds. The van der Waals surface area contributed by atoms with Gasteiger partial charge in [0.25, 0.3) is 0 Å². The van der Waals surface area contributed by atoms with Crippen LogP contribution in [0.1, 0.15) is 11.6 Å². The summed E-state index contributed by atoms with van der Waals surface area (Å²) >= 11 is 0. The number of amides is 1. The van der Waals surface area contributed by atoms with Crippen LogP contribution in [0.3, 0.4) is 0 Å². The Morgan fingerprint density at radius 2 is 2.24 bits per heavy atom. The fraction of sp³-hybridized carbons (Fsp3) is 0.250. The molecule has 1 aromatic carbocycles. The van der Waals surface area contributed by atoms with Crippen molar-refractivity contribution in [3.63, 3.8) is 0 Å². The molecule has 1 atom stereocenters. The van der Waals surface area contributed by atoms with Gasteiger partial charge >= 0.3 is 0 Å². The van der Waals surface area contributed by atoms with E-state index in [-0.39, 0.29) is 24.3 Å². The second kappa shape index (κ2) is 5.54. The maximum Gasteiger partial charge on any atom is 0.248 e. The maximum absolute atomic E-state index is 11.8. The smallest absolute Gasteiger partial charge is 0.248 e. The number of phenolic OH excluding ortho intramolecular Hbond substituents is 1. The summed E-state index contributed by atoms with van der Waals surface area (Å²) in [4.78, 5) is 17.7. The van der Waals surface area contributed by atoms with Crippen LogP contribution >= 0.6 is 0 Å². The molecule has 0 aliphatic carbocycles. The monoisotopic (exact) mass is 284 g/mol. The molecule has 1 fully saturated rings. The standard InChI is InChI=1S/C16H16N2O3/c1-18-15(9-21-10-16(18)20)14-8-17-6-5-13(14)11-3-2-4-12(19)7-11/h2-8,15,19H,9-10H2,1H3. The van der Waals surface area contributed by atoms with E-state index in [1.165, 1.54) is 0 Å². The molecular weight excluding hydrogens is 268 g/mol. The number of nitrogens with zero attached hydrogens (tertiary/aromatic N) is 2. The number of morpholine rings is 1. The number of ether oxygens (including phenoxy) is 1. The minimum absolute atomic E-state index is 0.0445. The zero-order valence-corrected chi connectivity index (χ0v) is 11.7. The summed E-state index contributed by atoms with van der Waals surface area (Å²) in [6, 6.07) is 8.76. The Balaban J connectivity index is 2.06. The molecule has 0 saturated carbocycles. The number of hydrogen-bond acceptors (Lipinski definition) is 4. The molecule has 1 aliphatic rings. The Labute approximate surface area is 122 Å². The SMILES string of the molecule is CN1C(=O)COCC1c1cnccc1-c1cccc(O)c1. The van der Waals surface area contributed by atoms with E-state index in [9.17, 15) is 9.90 Å². The third-order valence-electron chi connectivity index (χ3n) is 3.73. The number of hydrogen-bond donors (Lipinski definition) is 1. The molecule has 1 aliphatic heterocycles. The minimum Gasteiger partial charge on any atom is -0.508 e. The quantitative estimate of drug-likeness (QED) is 0.916. The topological polar surface area (TPSA) is 62.7 Å². The lowest BCUT2D eigenvalue weighted by Gasteiger charge is -2.33. The van der Waals surface area contributed by atoms with E-state index in [4.69, 9.17) is 4.74 Å². The first-order valence-electron chi connectivity index (χ1n) is 6.73. The normalized spacial score (nSPS) is 18.8. The predicted molar refractivity (Wildman–Crippen MR) is 77.7 cm³/mol. The molecule has 0 radical (unpaired) electrons. The zero-order chi connectivity index (χ0) is 14.8. The van der Waals surface area contributed by atoms with Crippen LogP contribution in [0.2, 0.25) is 0 Å². The molecule has 0 spiro atoms. The lowest BCUT2D eigenvalue weighted by Crippen LogP contribution is -2.41. The van der Waals surface area contributed by atoms with E-state index in [0.29, 0.717) is 6.61 Å². The fourth-order valence-electron chi connectivity index (χ4n) is 2.55. The van der Waals surface area contributed by atoms with Gasteiger partial charge in [-0.25, -0.2) is 0 Å². The van der Waals surface area contributed by atoms with Crippen LogP contribution in [0.5, 0.6) is 5.75 Å². The average molecular weight is 284 g/mol. The van der Waals surface area contributed by atoms with Gasteiger partial charge in [-0.05, 0) is 29.3 Å². The number of carbonyl (C=O) groups is 1. The Bertz CT molecular complexity index is 672. The Morgan fingerprint density at radius 1 is 1.38 bits per heavy atom. The third kappa shape index (κ3) is 2.60. The number of likely N-dealkylation sites (N-methyl/N-ethyl adjacent to an activating group) is 1. The highest BCUT2D eigenvalue weighted by Crippen LogP contribution is 2.33. The number of aromatic hydroxyl groups is 1. The number of rotatable bonds is 2. The van der Waals surface area contributed by atoms with Crippen molar-refractivity contribution in [2.24, 2.45) is 0 Å². The lowest BCUT2D eigenvalue weighted by molar-refractivity contribution is -0.146. The summed E-state index contributed by atoms with van der Waals surface area (Å²) in [6.45, 7) is 0.564. The average Bonchev–Trinajstić information content (AvgIpc) is 2.50. The summed E-state index contributed by atoms with van der Waals surface area (Å²) in [5.41, 5.74) is 2.74. The predicted octanol–water partition coefficient (Wildman–Crippen LogP) is 1.98. The lowest BCUT2D eigenvalue weighted by atomic mass is 9.96. The largest absolute Gasteiger partial charge is 0.508 e. The van der Waals surface area contributed by atoms with Gasteiger partial charge in [-0.15, -0.1) is 0 Å². The maximum atomic E-state index is 11.8. The van der Waals surface area contributed by atoms with E-state index in [1.807, 2.05) is 12.1 Å². The number of carbonyl (C=O) groups excluding carboxylic acids is 1. The van der Waals surface area contributed by atoms with Crippen LogP contribution < -0.4 is 0 Å². The Hall–Kier alpha value is -2.40. The highest BCUT2D eigenvalue weighted by molar-refractivity contribution is 5.79. The minimum atomic E-state index is -0.169. The van der Waals surface area contributed by atoms with Crippen LogP contribution in [-0.4, -0.2) is 41.2 Å². The van der Waals surface area contributed by atoms with Gasteiger partial charge in [0.05, 0.1) is 12.6 Å². The molecule has 1 unspecified atom stereocenters. The van der Waals surface area contributed by atoms with Gasteiger partial charge in [0, 0.05) is 25.0 Å². The van der Waals surface area contributed by atoms with Gasteiger partial charge in [0.15, 0.2) is 0 Å². The molecule has 108 valence electrons. The van der Waals surface area contributed by atoms with Crippen LogP contribution in [-0.2, 0) is 9.53 Å². The number of pyridine rings is 1. The van der Waals surface area contributed by atoms with Crippen LogP contribution in [0.15, 0.2) is 42.7 Å². The Morgan fingerprint density at radius 3 is 3.05 bits per heavy atom. The number of aromatic nitrogens is 1.